The Bertz CT molecular complexity index is 1150. The van der Waals surface area contributed by atoms with Crippen molar-refractivity contribution in [2.75, 3.05) is 18.9 Å². The number of nitrogens with two attached hydrogens (primary N) is 2. The monoisotopic (exact) mass is 476 g/mol. The molecule has 0 aromatic carbocycles. The molecular formula is C25H32N8O2. The van der Waals surface area contributed by atoms with Crippen LogP contribution in [-0.4, -0.2) is 44.6 Å². The van der Waals surface area contributed by atoms with Gasteiger partial charge in [-0.2, -0.15) is 4.98 Å². The molecule has 5 N–H and O–H groups in total. The van der Waals surface area contributed by atoms with Gasteiger partial charge < -0.3 is 25.5 Å². The molecule has 10 heteroatoms. The van der Waals surface area contributed by atoms with Crippen molar-refractivity contribution in [2.45, 2.75) is 45.1 Å². The molecule has 184 valence electrons. The quantitative estimate of drug-likeness (QED) is 0.310. The summed E-state index contributed by atoms with van der Waals surface area (Å²) in [6, 6.07) is 10.9. The summed E-state index contributed by atoms with van der Waals surface area (Å²) in [5.41, 5.74) is 8.99. The number of pyridine rings is 2. The van der Waals surface area contributed by atoms with Crippen LogP contribution in [0.4, 0.5) is 5.95 Å². The Morgan fingerprint density at radius 3 is 2.57 bits per heavy atom. The van der Waals surface area contributed by atoms with Gasteiger partial charge in [0.25, 0.3) is 0 Å². The minimum atomic E-state index is 0.260. The molecule has 0 saturated heterocycles. The van der Waals surface area contributed by atoms with Crippen LogP contribution in [0.1, 0.15) is 43.5 Å². The van der Waals surface area contributed by atoms with Gasteiger partial charge in [0.1, 0.15) is 5.75 Å². The van der Waals surface area contributed by atoms with Crippen molar-refractivity contribution >= 4 is 11.6 Å². The summed E-state index contributed by atoms with van der Waals surface area (Å²) in [6.07, 6.45) is 9.40. The fraction of sp³-hybridized carbons (Fsp3) is 0.360. The van der Waals surface area contributed by atoms with Crippen LogP contribution >= 0.6 is 0 Å². The summed E-state index contributed by atoms with van der Waals surface area (Å²) < 4.78 is 11.9. The highest BCUT2D eigenvalue weighted by molar-refractivity contribution is 5.64. The van der Waals surface area contributed by atoms with Gasteiger partial charge in [0.2, 0.25) is 17.7 Å². The third-order valence-corrected chi connectivity index (χ3v) is 5.79. The molecule has 1 saturated carbocycles. The van der Waals surface area contributed by atoms with Gasteiger partial charge in [-0.3, -0.25) is 0 Å². The van der Waals surface area contributed by atoms with Crippen LogP contribution in [0.5, 0.6) is 17.5 Å². The lowest BCUT2D eigenvalue weighted by atomic mass is 9.98. The molecule has 0 amide bonds. The van der Waals surface area contributed by atoms with Gasteiger partial charge in [0.05, 0.1) is 35.4 Å². The van der Waals surface area contributed by atoms with Crippen LogP contribution in [-0.2, 0) is 0 Å². The van der Waals surface area contributed by atoms with Gasteiger partial charge in [-0.15, -0.1) is 0 Å². The van der Waals surface area contributed by atoms with Crippen molar-refractivity contribution in [1.82, 2.24) is 24.9 Å². The van der Waals surface area contributed by atoms with E-state index in [0.29, 0.717) is 34.8 Å². The summed E-state index contributed by atoms with van der Waals surface area (Å²) in [4.78, 5) is 17.4. The summed E-state index contributed by atoms with van der Waals surface area (Å²) in [7, 11) is 1.72. The summed E-state index contributed by atoms with van der Waals surface area (Å²) in [5.74, 6) is 8.07. The molecular weight excluding hydrogens is 444 g/mol. The molecule has 0 bridgehead atoms. The van der Waals surface area contributed by atoms with E-state index in [1.807, 2.05) is 31.2 Å². The number of ether oxygens (including phenoxy) is 2. The first-order chi connectivity index (χ1) is 17.0. The number of likely N-dealkylation sites (N-methyl/N-ethyl adjacent to an activating group) is 1. The second-order valence-corrected chi connectivity index (χ2v) is 8.47. The number of hydrogen-bond donors (Lipinski definition) is 3. The number of rotatable bonds is 9. The normalized spacial score (nSPS) is 14.7. The van der Waals surface area contributed by atoms with Crippen molar-refractivity contribution in [3.8, 4) is 17.5 Å². The van der Waals surface area contributed by atoms with Crippen LogP contribution < -0.4 is 26.4 Å². The zero-order valence-corrected chi connectivity index (χ0v) is 20.1. The van der Waals surface area contributed by atoms with Crippen LogP contribution in [0.2, 0.25) is 0 Å². The maximum atomic E-state index is 6.48. The Labute approximate surface area is 205 Å². The second-order valence-electron chi connectivity index (χ2n) is 8.47. The molecule has 3 heterocycles. The first kappa shape index (κ1) is 24.2. The smallest absolute Gasteiger partial charge is 0.226 e. The molecule has 10 nitrogen and oxygen atoms in total. The van der Waals surface area contributed by atoms with Gasteiger partial charge in [-0.1, -0.05) is 12.5 Å². The van der Waals surface area contributed by atoms with E-state index in [4.69, 9.17) is 21.1 Å². The van der Waals surface area contributed by atoms with Crippen molar-refractivity contribution in [3.63, 3.8) is 0 Å². The van der Waals surface area contributed by atoms with Gasteiger partial charge in [-0.05, 0) is 50.8 Å². The van der Waals surface area contributed by atoms with Crippen LogP contribution in [0.25, 0.3) is 5.70 Å². The number of nitrogens with zero attached hydrogens (tertiary/aromatic N) is 5. The fourth-order valence-electron chi connectivity index (χ4n) is 3.90. The molecule has 35 heavy (non-hydrogen) atoms. The predicted molar refractivity (Wildman–Crippen MR) is 134 cm³/mol. The molecule has 0 spiro atoms. The average Bonchev–Trinajstić information content (AvgIpc) is 2.86. The van der Waals surface area contributed by atoms with E-state index in [1.54, 1.807) is 31.6 Å². The van der Waals surface area contributed by atoms with Crippen molar-refractivity contribution in [2.24, 2.45) is 11.6 Å². The van der Waals surface area contributed by atoms with Crippen LogP contribution in [0, 0.1) is 6.92 Å². The van der Waals surface area contributed by atoms with Crippen molar-refractivity contribution < 1.29 is 9.47 Å². The summed E-state index contributed by atoms with van der Waals surface area (Å²) in [6.45, 7) is 2.22. The molecule has 0 atom stereocenters. The maximum absolute atomic E-state index is 6.48. The van der Waals surface area contributed by atoms with E-state index in [1.165, 1.54) is 24.3 Å². The first-order valence-electron chi connectivity index (χ1n) is 11.8. The molecule has 3 aromatic heterocycles. The fourth-order valence-corrected chi connectivity index (χ4v) is 3.90. The zero-order valence-electron chi connectivity index (χ0n) is 20.1. The topological polar surface area (TPSA) is 137 Å². The predicted octanol–water partition coefficient (Wildman–Crippen LogP) is 3.62. The second kappa shape index (κ2) is 11.5. The number of hydrazine groups is 1. The van der Waals surface area contributed by atoms with E-state index in [0.717, 1.165) is 24.3 Å². The van der Waals surface area contributed by atoms with Gasteiger partial charge in [0, 0.05) is 31.6 Å². The standard InChI is InChI=1S/C25H32N8O2/c1-17-21(34-18-8-4-3-5-9-18)12-11-19(31-17)24(26)20(33(2)27)16-30-25-29-15-13-23(32-25)35-22-10-6-7-14-28-22/h6-7,10-15,18H,3-5,8-9,16,26-27H2,1-2H3,(H,29,30,32)/b24-20-. The first-order valence-corrected chi connectivity index (χ1v) is 11.8. The molecule has 1 aliphatic rings. The minimum Gasteiger partial charge on any atom is -0.489 e. The Balaban J connectivity index is 1.46. The highest BCUT2D eigenvalue weighted by Crippen LogP contribution is 2.26. The Kier molecular flexibility index (Phi) is 7.94. The Morgan fingerprint density at radius 2 is 1.86 bits per heavy atom. The average molecular weight is 477 g/mol. The van der Waals surface area contributed by atoms with Crippen LogP contribution in [0.3, 0.4) is 0 Å². The van der Waals surface area contributed by atoms with E-state index in [2.05, 4.69) is 25.3 Å². The molecule has 3 aromatic rings. The number of hydrogen-bond acceptors (Lipinski definition) is 10. The molecule has 4 rings (SSSR count). The number of aryl methyl sites for hydroxylation is 1. The van der Waals surface area contributed by atoms with E-state index >= 15 is 0 Å². The largest absolute Gasteiger partial charge is 0.489 e. The Hall–Kier alpha value is -3.92. The lowest BCUT2D eigenvalue weighted by molar-refractivity contribution is 0.153. The lowest BCUT2D eigenvalue weighted by Gasteiger charge is -2.24. The summed E-state index contributed by atoms with van der Waals surface area (Å²) in [5, 5.41) is 4.61. The third-order valence-electron chi connectivity index (χ3n) is 5.79. The highest BCUT2D eigenvalue weighted by atomic mass is 16.5. The Morgan fingerprint density at radius 1 is 1.03 bits per heavy atom. The number of nitrogens with one attached hydrogen (secondary N) is 1. The third kappa shape index (κ3) is 6.57. The van der Waals surface area contributed by atoms with E-state index in [9.17, 15) is 0 Å². The van der Waals surface area contributed by atoms with Gasteiger partial charge in [0.15, 0.2) is 0 Å². The molecule has 1 fully saturated rings. The summed E-state index contributed by atoms with van der Waals surface area (Å²) >= 11 is 0. The SMILES string of the molecule is Cc1nc(/C(N)=C(\CNc2nccc(Oc3ccccn3)n2)N(C)N)ccc1OC1CCCCC1. The molecule has 0 radical (unpaired) electrons. The zero-order chi connectivity index (χ0) is 24.6. The molecule has 0 aliphatic heterocycles. The number of aromatic nitrogens is 4. The minimum absolute atomic E-state index is 0.260. The molecule has 1 aliphatic carbocycles. The van der Waals surface area contributed by atoms with Crippen LogP contribution in [0.15, 0.2) is 54.5 Å². The van der Waals surface area contributed by atoms with Crippen molar-refractivity contribution in [1.29, 1.82) is 0 Å². The van der Waals surface area contributed by atoms with E-state index in [-0.39, 0.29) is 12.6 Å². The highest BCUT2D eigenvalue weighted by Gasteiger charge is 2.17. The van der Waals surface area contributed by atoms with Crippen molar-refractivity contribution in [3.05, 3.63) is 65.9 Å². The van der Waals surface area contributed by atoms with Gasteiger partial charge >= 0.3 is 0 Å². The van der Waals surface area contributed by atoms with Gasteiger partial charge in [-0.25, -0.2) is 20.8 Å². The van der Waals surface area contributed by atoms with E-state index < -0.39 is 0 Å². The molecule has 0 unspecified atom stereocenters. The lowest BCUT2D eigenvalue weighted by Crippen LogP contribution is -2.32. The maximum Gasteiger partial charge on any atom is 0.226 e. The number of anilines is 1.